The molecule has 2 heterocycles. The van der Waals surface area contributed by atoms with Gasteiger partial charge in [-0.2, -0.15) is 15.4 Å². The minimum absolute atomic E-state index is 0.0124. The molecule has 0 radical (unpaired) electrons. The van der Waals surface area contributed by atoms with E-state index in [0.717, 1.165) is 5.56 Å². The van der Waals surface area contributed by atoms with Gasteiger partial charge in [-0.1, -0.05) is 41.0 Å². The number of carboxylic acids is 1. The highest BCUT2D eigenvalue weighted by Gasteiger charge is 2.27. The smallest absolute Gasteiger partial charge is 0.438 e. The SMILES string of the molecule is O=C(N[C@H](Cc1ccc(-c2cc(Cl)ccc2F)cc1)C[C@@H](Cc1noc(=O)[nH]1)C(=O)O)c1cn[nH]n1. The molecule has 4 rings (SSSR count). The minimum Gasteiger partial charge on any atom is -0.481 e. The first-order chi connectivity index (χ1) is 17.3. The summed E-state index contributed by atoms with van der Waals surface area (Å²) in [6.07, 6.45) is 1.42. The van der Waals surface area contributed by atoms with Crippen molar-refractivity contribution in [2.45, 2.75) is 25.3 Å². The number of aromatic nitrogens is 5. The monoisotopic (exact) mass is 514 g/mol. The number of carbonyl (C=O) groups is 2. The summed E-state index contributed by atoms with van der Waals surface area (Å²) in [6.45, 7) is 0. The van der Waals surface area contributed by atoms with Crippen LogP contribution in [0.1, 0.15) is 28.3 Å². The summed E-state index contributed by atoms with van der Waals surface area (Å²) in [5.41, 5.74) is 1.77. The summed E-state index contributed by atoms with van der Waals surface area (Å²) in [7, 11) is 0. The third-order valence-corrected chi connectivity index (χ3v) is 5.74. The predicted molar refractivity (Wildman–Crippen MR) is 125 cm³/mol. The van der Waals surface area contributed by atoms with E-state index in [4.69, 9.17) is 11.6 Å². The van der Waals surface area contributed by atoms with Crippen LogP contribution >= 0.6 is 11.6 Å². The number of halogens is 2. The molecule has 2 aromatic carbocycles. The molecule has 0 aliphatic heterocycles. The van der Waals surface area contributed by atoms with Crippen molar-refractivity contribution >= 4 is 23.5 Å². The molecule has 0 spiro atoms. The van der Waals surface area contributed by atoms with E-state index in [-0.39, 0.29) is 30.8 Å². The number of aromatic amines is 2. The third kappa shape index (κ3) is 6.21. The predicted octanol–water partition coefficient (Wildman–Crippen LogP) is 2.62. The van der Waals surface area contributed by atoms with Crippen molar-refractivity contribution in [1.29, 1.82) is 0 Å². The molecule has 0 fully saturated rings. The van der Waals surface area contributed by atoms with Gasteiger partial charge in [0.25, 0.3) is 5.91 Å². The number of nitrogens with one attached hydrogen (secondary N) is 3. The zero-order valence-electron chi connectivity index (χ0n) is 18.6. The van der Waals surface area contributed by atoms with Gasteiger partial charge in [0.15, 0.2) is 11.5 Å². The summed E-state index contributed by atoms with van der Waals surface area (Å²) in [5.74, 6) is -3.78. The number of hydrogen-bond acceptors (Lipinski definition) is 7. The fourth-order valence-electron chi connectivity index (χ4n) is 3.78. The van der Waals surface area contributed by atoms with Gasteiger partial charge < -0.3 is 10.4 Å². The summed E-state index contributed by atoms with van der Waals surface area (Å²) in [6, 6.07) is 10.6. The van der Waals surface area contributed by atoms with E-state index in [9.17, 15) is 23.9 Å². The number of carboxylic acid groups (broad SMARTS) is 1. The van der Waals surface area contributed by atoms with Crippen molar-refractivity contribution in [1.82, 2.24) is 30.9 Å². The quantitative estimate of drug-likeness (QED) is 0.250. The molecule has 186 valence electrons. The normalized spacial score (nSPS) is 12.7. The first-order valence-corrected chi connectivity index (χ1v) is 11.1. The Morgan fingerprint density at radius 1 is 1.17 bits per heavy atom. The van der Waals surface area contributed by atoms with Crippen LogP contribution < -0.4 is 11.1 Å². The van der Waals surface area contributed by atoms with Crippen molar-refractivity contribution in [2.24, 2.45) is 5.92 Å². The Balaban J connectivity index is 1.54. The molecule has 1 amide bonds. The molecule has 0 unspecified atom stereocenters. The first kappa shape index (κ1) is 24.8. The van der Waals surface area contributed by atoms with Crippen LogP contribution in [0.5, 0.6) is 0 Å². The summed E-state index contributed by atoms with van der Waals surface area (Å²) < 4.78 is 18.7. The summed E-state index contributed by atoms with van der Waals surface area (Å²) >= 11 is 5.99. The Morgan fingerprint density at radius 3 is 2.58 bits per heavy atom. The Hall–Kier alpha value is -4.32. The molecule has 0 aliphatic rings. The molecular formula is C23H20ClFN6O5. The van der Waals surface area contributed by atoms with Crippen molar-refractivity contribution in [2.75, 3.05) is 0 Å². The van der Waals surface area contributed by atoms with E-state index in [2.05, 4.69) is 35.4 Å². The Bertz CT molecular complexity index is 1400. The van der Waals surface area contributed by atoms with E-state index in [1.54, 1.807) is 24.3 Å². The van der Waals surface area contributed by atoms with Gasteiger partial charge in [0.1, 0.15) is 5.82 Å². The maximum Gasteiger partial charge on any atom is 0.438 e. The fourth-order valence-corrected chi connectivity index (χ4v) is 3.96. The highest BCUT2D eigenvalue weighted by molar-refractivity contribution is 6.30. The van der Waals surface area contributed by atoms with Gasteiger partial charge in [0.2, 0.25) is 0 Å². The Labute approximate surface area is 207 Å². The standard InChI is InChI=1S/C23H20ClFN6O5/c24-15-5-6-18(25)17(10-15)13-3-1-12(2-4-13)7-16(27-21(32)19-11-26-31-29-19)8-14(22(33)34)9-20-28-23(35)36-30-20/h1-6,10-11,14,16H,7-9H2,(H,27,32)(H,33,34)(H,26,29,31)(H,28,30,35)/t14-,16+/m0/s1. The summed E-state index contributed by atoms with van der Waals surface area (Å²) in [4.78, 5) is 38.1. The van der Waals surface area contributed by atoms with Crippen LogP contribution in [0.3, 0.4) is 0 Å². The summed E-state index contributed by atoms with van der Waals surface area (Å²) in [5, 5.41) is 26.2. The number of hydrogen-bond donors (Lipinski definition) is 4. The molecule has 0 bridgehead atoms. The van der Waals surface area contributed by atoms with Gasteiger partial charge in [-0.25, -0.2) is 9.18 Å². The molecule has 11 nitrogen and oxygen atoms in total. The van der Waals surface area contributed by atoms with Gasteiger partial charge in [0.05, 0.1) is 12.1 Å². The van der Waals surface area contributed by atoms with E-state index in [1.807, 2.05) is 0 Å². The van der Waals surface area contributed by atoms with Gasteiger partial charge in [-0.15, -0.1) is 0 Å². The second kappa shape index (κ2) is 11.0. The molecule has 0 saturated heterocycles. The van der Waals surface area contributed by atoms with Crippen LogP contribution in [0.2, 0.25) is 5.02 Å². The molecule has 36 heavy (non-hydrogen) atoms. The largest absolute Gasteiger partial charge is 0.481 e. The average Bonchev–Trinajstić information content (AvgIpc) is 3.53. The van der Waals surface area contributed by atoms with Crippen LogP contribution in [0.4, 0.5) is 4.39 Å². The van der Waals surface area contributed by atoms with E-state index in [1.165, 1.54) is 24.4 Å². The van der Waals surface area contributed by atoms with Crippen LogP contribution in [-0.4, -0.2) is 48.6 Å². The molecule has 2 atom stereocenters. The van der Waals surface area contributed by atoms with Crippen molar-refractivity contribution < 1.29 is 23.6 Å². The second-order valence-electron chi connectivity index (χ2n) is 8.07. The van der Waals surface area contributed by atoms with E-state index in [0.29, 0.717) is 16.1 Å². The van der Waals surface area contributed by atoms with Crippen LogP contribution in [0.15, 0.2) is 58.0 Å². The number of carbonyl (C=O) groups excluding carboxylic acids is 1. The minimum atomic E-state index is -1.13. The van der Waals surface area contributed by atoms with Crippen molar-refractivity contribution in [3.8, 4) is 11.1 Å². The lowest BCUT2D eigenvalue weighted by atomic mass is 9.91. The zero-order valence-corrected chi connectivity index (χ0v) is 19.3. The van der Waals surface area contributed by atoms with Crippen LogP contribution in [0.25, 0.3) is 11.1 Å². The maximum absolute atomic E-state index is 14.2. The van der Waals surface area contributed by atoms with Crippen molar-refractivity contribution in [3.63, 3.8) is 0 Å². The number of amides is 1. The zero-order chi connectivity index (χ0) is 25.7. The molecular weight excluding hydrogens is 495 g/mol. The number of nitrogens with zero attached hydrogens (tertiary/aromatic N) is 3. The van der Waals surface area contributed by atoms with Gasteiger partial charge >= 0.3 is 11.7 Å². The number of rotatable bonds is 10. The average molecular weight is 515 g/mol. The van der Waals surface area contributed by atoms with Gasteiger partial charge in [-0.3, -0.25) is 19.1 Å². The topological polar surface area (TPSA) is 167 Å². The number of aliphatic carboxylic acids is 1. The lowest BCUT2D eigenvalue weighted by molar-refractivity contribution is -0.142. The molecule has 4 aromatic rings. The highest BCUT2D eigenvalue weighted by atomic mass is 35.5. The Kier molecular flexibility index (Phi) is 7.54. The highest BCUT2D eigenvalue weighted by Crippen LogP contribution is 2.27. The number of H-pyrrole nitrogens is 2. The lowest BCUT2D eigenvalue weighted by Crippen LogP contribution is -2.39. The molecule has 0 saturated carbocycles. The molecule has 4 N–H and O–H groups in total. The maximum atomic E-state index is 14.2. The lowest BCUT2D eigenvalue weighted by Gasteiger charge is -2.22. The van der Waals surface area contributed by atoms with E-state index < -0.39 is 35.4 Å². The first-order valence-electron chi connectivity index (χ1n) is 10.8. The second-order valence-corrected chi connectivity index (χ2v) is 8.50. The van der Waals surface area contributed by atoms with Gasteiger partial charge in [-0.05, 0) is 42.2 Å². The fraction of sp³-hybridized carbons (Fsp3) is 0.217. The van der Waals surface area contributed by atoms with Crippen LogP contribution in [-0.2, 0) is 17.6 Å². The Morgan fingerprint density at radius 2 is 1.94 bits per heavy atom. The van der Waals surface area contributed by atoms with E-state index >= 15 is 0 Å². The molecule has 13 heteroatoms. The third-order valence-electron chi connectivity index (χ3n) is 5.50. The van der Waals surface area contributed by atoms with Crippen LogP contribution in [0, 0.1) is 11.7 Å². The number of benzene rings is 2. The molecule has 0 aliphatic carbocycles. The molecule has 2 aromatic heterocycles. The van der Waals surface area contributed by atoms with Crippen molar-refractivity contribution in [3.05, 3.63) is 87.1 Å². The van der Waals surface area contributed by atoms with Gasteiger partial charge in [0, 0.05) is 23.0 Å².